The van der Waals surface area contributed by atoms with E-state index in [4.69, 9.17) is 0 Å². The van der Waals surface area contributed by atoms with Crippen molar-refractivity contribution in [3.05, 3.63) is 35.9 Å². The van der Waals surface area contributed by atoms with Gasteiger partial charge in [-0.05, 0) is 31.2 Å². The smallest absolute Gasteiger partial charge is 0.242 e. The van der Waals surface area contributed by atoms with E-state index in [1.165, 1.54) is 12.8 Å². The summed E-state index contributed by atoms with van der Waals surface area (Å²) < 4.78 is 23.3. The second kappa shape index (κ2) is 6.61. The lowest BCUT2D eigenvalue weighted by Crippen LogP contribution is -2.49. The van der Waals surface area contributed by atoms with Gasteiger partial charge in [-0.25, -0.2) is 8.42 Å². The van der Waals surface area contributed by atoms with Crippen LogP contribution in [0.25, 0.3) is 0 Å². The quantitative estimate of drug-likeness (QED) is 0.882. The lowest BCUT2D eigenvalue weighted by atomic mass is 10.0. The average Bonchev–Trinajstić information content (AvgIpc) is 3.35. The Balaban J connectivity index is 1.77. The van der Waals surface area contributed by atoms with Gasteiger partial charge in [-0.3, -0.25) is 9.69 Å². The highest BCUT2D eigenvalue weighted by atomic mass is 32.2. The normalized spacial score (nSPS) is 23.9. The number of hydrogen-bond acceptors (Lipinski definition) is 4. The molecule has 1 aromatic carbocycles. The van der Waals surface area contributed by atoms with Gasteiger partial charge in [-0.1, -0.05) is 30.3 Å². The molecule has 1 heterocycles. The van der Waals surface area contributed by atoms with Crippen LogP contribution >= 0.6 is 0 Å². The largest absolute Gasteiger partial charge is 0.352 e. The summed E-state index contributed by atoms with van der Waals surface area (Å²) in [4.78, 5) is 14.8. The molecular weight excluding hydrogens is 312 g/mol. The van der Waals surface area contributed by atoms with Gasteiger partial charge in [0, 0.05) is 19.1 Å². The molecule has 2 fully saturated rings. The molecule has 1 saturated heterocycles. The number of sulfone groups is 1. The molecular formula is C17H24N2O3S. The molecule has 23 heavy (non-hydrogen) atoms. The van der Waals surface area contributed by atoms with Crippen LogP contribution in [0.2, 0.25) is 0 Å². The molecule has 0 bridgehead atoms. The molecule has 0 radical (unpaired) electrons. The van der Waals surface area contributed by atoms with Gasteiger partial charge in [0.25, 0.3) is 0 Å². The van der Waals surface area contributed by atoms with Crippen LogP contribution in [0.4, 0.5) is 0 Å². The fourth-order valence-electron chi connectivity index (χ4n) is 3.17. The molecule has 0 unspecified atom stereocenters. The van der Waals surface area contributed by atoms with Gasteiger partial charge in [0.15, 0.2) is 9.84 Å². The fourth-order valence-corrected chi connectivity index (χ4v) is 4.39. The summed E-state index contributed by atoms with van der Waals surface area (Å²) >= 11 is 0. The van der Waals surface area contributed by atoms with E-state index in [0.29, 0.717) is 19.0 Å². The van der Waals surface area contributed by atoms with Crippen molar-refractivity contribution >= 4 is 15.7 Å². The second-order valence-corrected chi connectivity index (χ2v) is 8.94. The Morgan fingerprint density at radius 3 is 2.35 bits per heavy atom. The van der Waals surface area contributed by atoms with E-state index in [1.807, 2.05) is 35.2 Å². The lowest BCUT2D eigenvalue weighted by molar-refractivity contribution is -0.127. The highest BCUT2D eigenvalue weighted by Gasteiger charge is 2.35. The zero-order chi connectivity index (χ0) is 16.4. The first-order valence-corrected chi connectivity index (χ1v) is 10.1. The predicted octanol–water partition coefficient (Wildman–Crippen LogP) is 1.37. The van der Waals surface area contributed by atoms with Crippen LogP contribution in [-0.4, -0.2) is 49.9 Å². The van der Waals surface area contributed by atoms with Crippen molar-refractivity contribution in [1.82, 2.24) is 10.2 Å². The third-order valence-corrected chi connectivity index (χ3v) is 6.42. The number of amides is 1. The summed E-state index contributed by atoms with van der Waals surface area (Å²) in [5.74, 6) is 0.829. The number of rotatable bonds is 5. The maximum absolute atomic E-state index is 12.8. The number of carbonyl (C=O) groups is 1. The van der Waals surface area contributed by atoms with E-state index >= 15 is 0 Å². The van der Waals surface area contributed by atoms with Crippen LogP contribution in [-0.2, 0) is 14.6 Å². The Morgan fingerprint density at radius 1 is 1.17 bits per heavy atom. The van der Waals surface area contributed by atoms with Gasteiger partial charge in [-0.2, -0.15) is 0 Å². The second-order valence-electron chi connectivity index (χ2n) is 6.64. The zero-order valence-corrected chi connectivity index (χ0v) is 14.3. The van der Waals surface area contributed by atoms with E-state index in [0.717, 1.165) is 5.56 Å². The van der Waals surface area contributed by atoms with Crippen molar-refractivity contribution in [2.75, 3.05) is 24.6 Å². The molecule has 2 aliphatic rings. The molecule has 126 valence electrons. The van der Waals surface area contributed by atoms with Gasteiger partial charge < -0.3 is 5.32 Å². The first kappa shape index (κ1) is 16.5. The molecule has 0 spiro atoms. The minimum Gasteiger partial charge on any atom is -0.352 e. The molecule has 1 aliphatic heterocycles. The van der Waals surface area contributed by atoms with E-state index in [1.54, 1.807) is 0 Å². The Bertz CT molecular complexity index is 642. The number of carbonyl (C=O) groups excluding carboxylic acids is 1. The van der Waals surface area contributed by atoms with E-state index in [9.17, 15) is 13.2 Å². The molecule has 1 N–H and O–H groups in total. The minimum atomic E-state index is -2.96. The van der Waals surface area contributed by atoms with Gasteiger partial charge >= 0.3 is 0 Å². The van der Waals surface area contributed by atoms with Crippen LogP contribution in [0.5, 0.6) is 0 Å². The molecule has 2 atom stereocenters. The monoisotopic (exact) mass is 336 g/mol. The molecule has 1 saturated carbocycles. The Labute approximate surface area is 138 Å². The van der Waals surface area contributed by atoms with Gasteiger partial charge in [0.2, 0.25) is 5.91 Å². The lowest BCUT2D eigenvalue weighted by Gasteiger charge is -2.34. The Kier molecular flexibility index (Phi) is 4.73. The molecule has 1 amide bonds. The zero-order valence-electron chi connectivity index (χ0n) is 13.4. The predicted molar refractivity (Wildman–Crippen MR) is 89.7 cm³/mol. The van der Waals surface area contributed by atoms with Crippen molar-refractivity contribution in [1.29, 1.82) is 0 Å². The Hall–Kier alpha value is -1.40. The van der Waals surface area contributed by atoms with Crippen molar-refractivity contribution in [3.8, 4) is 0 Å². The number of nitrogens with zero attached hydrogens (tertiary/aromatic N) is 1. The first-order valence-electron chi connectivity index (χ1n) is 8.26. The summed E-state index contributed by atoms with van der Waals surface area (Å²) in [6, 6.07) is 9.41. The highest BCUT2D eigenvalue weighted by Crippen LogP contribution is 2.33. The molecule has 1 aromatic rings. The summed E-state index contributed by atoms with van der Waals surface area (Å²) in [6.45, 7) is 2.87. The highest BCUT2D eigenvalue weighted by molar-refractivity contribution is 7.91. The van der Waals surface area contributed by atoms with Crippen molar-refractivity contribution in [3.63, 3.8) is 0 Å². The fraction of sp³-hybridized carbons (Fsp3) is 0.588. The van der Waals surface area contributed by atoms with Crippen molar-refractivity contribution < 1.29 is 13.2 Å². The first-order chi connectivity index (χ1) is 11.0. The maximum atomic E-state index is 12.8. The van der Waals surface area contributed by atoms with Crippen LogP contribution in [0.15, 0.2) is 30.3 Å². The third-order valence-electron chi connectivity index (χ3n) is 4.81. The van der Waals surface area contributed by atoms with Crippen LogP contribution in [0.1, 0.15) is 31.4 Å². The molecule has 1 aliphatic carbocycles. The average molecular weight is 336 g/mol. The van der Waals surface area contributed by atoms with E-state index < -0.39 is 15.9 Å². The van der Waals surface area contributed by atoms with Crippen LogP contribution < -0.4 is 5.32 Å². The topological polar surface area (TPSA) is 66.5 Å². The van der Waals surface area contributed by atoms with Crippen LogP contribution in [0, 0.1) is 5.92 Å². The van der Waals surface area contributed by atoms with Gasteiger partial charge in [0.05, 0.1) is 11.5 Å². The summed E-state index contributed by atoms with van der Waals surface area (Å²) in [7, 11) is -2.96. The van der Waals surface area contributed by atoms with Crippen LogP contribution in [0.3, 0.4) is 0 Å². The van der Waals surface area contributed by atoms with Crippen molar-refractivity contribution in [2.45, 2.75) is 31.8 Å². The summed E-state index contributed by atoms with van der Waals surface area (Å²) in [6.07, 6.45) is 2.36. The summed E-state index contributed by atoms with van der Waals surface area (Å²) in [5.41, 5.74) is 0.923. The van der Waals surface area contributed by atoms with E-state index in [-0.39, 0.29) is 23.5 Å². The molecule has 6 heteroatoms. The molecule has 5 nitrogen and oxygen atoms in total. The SMILES string of the molecule is C[C@@H](NC(=O)[C@@H](c1ccccc1)N1CCS(=O)(=O)CC1)C1CC1. The number of hydrogen-bond donors (Lipinski definition) is 1. The standard InChI is InChI=1S/C17H24N2O3S/c1-13(14-7-8-14)18-17(20)16(15-5-3-2-4-6-15)19-9-11-23(21,22)12-10-19/h2-6,13-14,16H,7-12H2,1H3,(H,18,20)/t13-,16-/m1/s1. The third kappa shape index (κ3) is 4.12. The van der Waals surface area contributed by atoms with Crippen molar-refractivity contribution in [2.24, 2.45) is 5.92 Å². The number of nitrogens with one attached hydrogen (secondary N) is 1. The Morgan fingerprint density at radius 2 is 1.78 bits per heavy atom. The van der Waals surface area contributed by atoms with Gasteiger partial charge in [0.1, 0.15) is 6.04 Å². The van der Waals surface area contributed by atoms with Gasteiger partial charge in [-0.15, -0.1) is 0 Å². The maximum Gasteiger partial charge on any atom is 0.242 e. The summed E-state index contributed by atoms with van der Waals surface area (Å²) in [5, 5.41) is 3.13. The minimum absolute atomic E-state index is 0.0186. The molecule has 3 rings (SSSR count). The molecule has 0 aromatic heterocycles. The van der Waals surface area contributed by atoms with E-state index in [2.05, 4.69) is 12.2 Å². The number of benzene rings is 1.